The normalized spacial score (nSPS) is 10.2. The minimum Gasteiger partial charge on any atom is -0.354 e. The molecule has 0 aliphatic carbocycles. The van der Waals surface area contributed by atoms with Gasteiger partial charge in [-0.15, -0.1) is 0 Å². The molecular formula is C18H14ClFN4O. The van der Waals surface area contributed by atoms with Crippen molar-refractivity contribution in [3.8, 4) is 0 Å². The van der Waals surface area contributed by atoms with E-state index in [0.717, 1.165) is 0 Å². The minimum absolute atomic E-state index is 0.0360. The number of hydrogen-bond donors (Lipinski definition) is 3. The van der Waals surface area contributed by atoms with Gasteiger partial charge in [-0.25, -0.2) is 14.2 Å². The van der Waals surface area contributed by atoms with Gasteiger partial charge < -0.3 is 10.6 Å². The molecule has 0 radical (unpaired) electrons. The van der Waals surface area contributed by atoms with Crippen LogP contribution in [-0.4, -0.2) is 11.0 Å². The largest absolute Gasteiger partial charge is 0.354 e. The van der Waals surface area contributed by atoms with E-state index in [1.807, 2.05) is 18.2 Å². The maximum atomic E-state index is 13.1. The predicted octanol–water partition coefficient (Wildman–Crippen LogP) is 5.26. The lowest BCUT2D eigenvalue weighted by molar-refractivity contribution is 0.262. The molecule has 0 unspecified atom stereocenters. The van der Waals surface area contributed by atoms with Crippen LogP contribution in [-0.2, 0) is 0 Å². The Labute approximate surface area is 148 Å². The van der Waals surface area contributed by atoms with Gasteiger partial charge in [0.25, 0.3) is 0 Å². The lowest BCUT2D eigenvalue weighted by Crippen LogP contribution is -2.19. The highest BCUT2D eigenvalue weighted by atomic mass is 35.5. The van der Waals surface area contributed by atoms with Gasteiger partial charge in [-0.2, -0.15) is 0 Å². The molecule has 0 bridgehead atoms. The number of urea groups is 1. The summed E-state index contributed by atoms with van der Waals surface area (Å²) < 4.78 is 13.1. The predicted molar refractivity (Wildman–Crippen MR) is 98.0 cm³/mol. The van der Waals surface area contributed by atoms with Gasteiger partial charge in [0.2, 0.25) is 0 Å². The molecule has 1 aromatic heterocycles. The molecule has 5 nitrogen and oxygen atoms in total. The summed E-state index contributed by atoms with van der Waals surface area (Å²) in [6.45, 7) is 0. The summed E-state index contributed by atoms with van der Waals surface area (Å²) in [6.07, 6.45) is 1.55. The fraction of sp³-hybridized carbons (Fsp3) is 0. The molecule has 0 atom stereocenters. The van der Waals surface area contributed by atoms with Crippen molar-refractivity contribution in [1.82, 2.24) is 4.98 Å². The van der Waals surface area contributed by atoms with Crippen LogP contribution in [0.3, 0.4) is 0 Å². The molecule has 3 rings (SSSR count). The second kappa shape index (κ2) is 7.63. The molecule has 3 aromatic rings. The van der Waals surface area contributed by atoms with Gasteiger partial charge in [0, 0.05) is 11.4 Å². The zero-order valence-corrected chi connectivity index (χ0v) is 13.7. The molecule has 7 heteroatoms. The van der Waals surface area contributed by atoms with E-state index in [4.69, 9.17) is 11.6 Å². The van der Waals surface area contributed by atoms with Gasteiger partial charge in [0.15, 0.2) is 0 Å². The van der Waals surface area contributed by atoms with E-state index in [1.54, 1.807) is 36.5 Å². The molecular weight excluding hydrogens is 343 g/mol. The number of anilines is 4. The molecule has 2 amide bonds. The van der Waals surface area contributed by atoms with E-state index in [1.165, 1.54) is 12.1 Å². The van der Waals surface area contributed by atoms with Crippen LogP contribution in [0, 0.1) is 5.82 Å². The number of hydrogen-bond acceptors (Lipinski definition) is 3. The monoisotopic (exact) mass is 356 g/mol. The van der Waals surface area contributed by atoms with Crippen molar-refractivity contribution in [2.24, 2.45) is 0 Å². The lowest BCUT2D eigenvalue weighted by Gasteiger charge is -2.09. The highest BCUT2D eigenvalue weighted by Gasteiger charge is 2.05. The molecule has 2 aromatic carbocycles. The van der Waals surface area contributed by atoms with Gasteiger partial charge >= 0.3 is 6.03 Å². The second-order valence-electron chi connectivity index (χ2n) is 5.13. The van der Waals surface area contributed by atoms with E-state index in [2.05, 4.69) is 20.9 Å². The van der Waals surface area contributed by atoms with E-state index in [-0.39, 0.29) is 11.1 Å². The van der Waals surface area contributed by atoms with Crippen LogP contribution >= 0.6 is 11.6 Å². The second-order valence-corrected chi connectivity index (χ2v) is 5.54. The first-order chi connectivity index (χ1) is 12.1. The van der Waals surface area contributed by atoms with Gasteiger partial charge in [0.05, 0.1) is 16.9 Å². The van der Waals surface area contributed by atoms with Crippen molar-refractivity contribution in [2.45, 2.75) is 0 Å². The number of pyridine rings is 1. The number of nitrogens with zero attached hydrogens (tertiary/aromatic N) is 1. The maximum absolute atomic E-state index is 13.1. The van der Waals surface area contributed by atoms with Crippen LogP contribution in [0.15, 0.2) is 66.9 Å². The Bertz CT molecular complexity index is 872. The van der Waals surface area contributed by atoms with E-state index in [0.29, 0.717) is 22.9 Å². The molecule has 25 heavy (non-hydrogen) atoms. The fourth-order valence-corrected chi connectivity index (χ4v) is 2.26. The summed E-state index contributed by atoms with van der Waals surface area (Å²) in [6, 6.07) is 16.4. The van der Waals surface area contributed by atoms with Gasteiger partial charge in [0.1, 0.15) is 11.6 Å². The van der Waals surface area contributed by atoms with Crippen LogP contribution in [0.1, 0.15) is 0 Å². The van der Waals surface area contributed by atoms with Crippen LogP contribution < -0.4 is 16.0 Å². The van der Waals surface area contributed by atoms with Crippen LogP contribution in [0.2, 0.25) is 5.02 Å². The number of nitrogens with one attached hydrogen (secondary N) is 3. The first-order valence-corrected chi connectivity index (χ1v) is 7.79. The molecule has 0 saturated heterocycles. The van der Waals surface area contributed by atoms with Gasteiger partial charge in [-0.3, -0.25) is 5.32 Å². The smallest absolute Gasteiger partial charge is 0.324 e. The van der Waals surface area contributed by atoms with Crippen molar-refractivity contribution < 1.29 is 9.18 Å². The number of amides is 2. The van der Waals surface area contributed by atoms with Crippen molar-refractivity contribution in [3.05, 3.63) is 77.7 Å². The summed E-state index contributed by atoms with van der Waals surface area (Å²) >= 11 is 5.74. The average Bonchev–Trinajstić information content (AvgIpc) is 2.61. The molecule has 3 N–H and O–H groups in total. The Hall–Kier alpha value is -3.12. The van der Waals surface area contributed by atoms with Crippen LogP contribution in [0.5, 0.6) is 0 Å². The summed E-state index contributed by atoms with van der Waals surface area (Å²) in [7, 11) is 0. The highest BCUT2D eigenvalue weighted by Crippen LogP contribution is 2.22. The Morgan fingerprint density at radius 3 is 2.36 bits per heavy atom. The lowest BCUT2D eigenvalue weighted by atomic mass is 10.3. The number of benzene rings is 2. The SMILES string of the molecule is O=C(Nc1ccccc1)Nc1ccc(Nc2ccc(F)c(Cl)c2)cn1. The summed E-state index contributed by atoms with van der Waals surface area (Å²) in [5.41, 5.74) is 2.00. The first kappa shape index (κ1) is 16.7. The molecule has 0 spiro atoms. The van der Waals surface area contributed by atoms with Gasteiger partial charge in [-0.05, 0) is 42.5 Å². The number of rotatable bonds is 4. The Kier molecular flexibility index (Phi) is 5.11. The van der Waals surface area contributed by atoms with E-state index >= 15 is 0 Å². The molecule has 0 saturated carbocycles. The fourth-order valence-electron chi connectivity index (χ4n) is 2.08. The quantitative estimate of drug-likeness (QED) is 0.597. The maximum Gasteiger partial charge on any atom is 0.324 e. The number of halogens is 2. The first-order valence-electron chi connectivity index (χ1n) is 7.41. The zero-order chi connectivity index (χ0) is 17.6. The van der Waals surface area contributed by atoms with Crippen molar-refractivity contribution >= 4 is 40.5 Å². The topological polar surface area (TPSA) is 66.1 Å². The van der Waals surface area contributed by atoms with Crippen LogP contribution in [0.4, 0.5) is 32.1 Å². The Balaban J connectivity index is 1.60. The third-order valence-electron chi connectivity index (χ3n) is 3.25. The number of para-hydroxylation sites is 1. The third-order valence-corrected chi connectivity index (χ3v) is 3.53. The van der Waals surface area contributed by atoms with Crippen molar-refractivity contribution in [2.75, 3.05) is 16.0 Å². The Morgan fingerprint density at radius 2 is 1.68 bits per heavy atom. The van der Waals surface area contributed by atoms with Crippen LogP contribution in [0.25, 0.3) is 0 Å². The zero-order valence-electron chi connectivity index (χ0n) is 13.0. The Morgan fingerprint density at radius 1 is 0.920 bits per heavy atom. The summed E-state index contributed by atoms with van der Waals surface area (Å²) in [5.74, 6) is -0.0783. The van der Waals surface area contributed by atoms with Crippen molar-refractivity contribution in [1.29, 1.82) is 0 Å². The number of aromatic nitrogens is 1. The molecule has 1 heterocycles. The van der Waals surface area contributed by atoms with E-state index in [9.17, 15) is 9.18 Å². The van der Waals surface area contributed by atoms with Crippen molar-refractivity contribution in [3.63, 3.8) is 0 Å². The average molecular weight is 357 g/mol. The molecule has 126 valence electrons. The molecule has 0 fully saturated rings. The van der Waals surface area contributed by atoms with E-state index < -0.39 is 5.82 Å². The molecule has 0 aliphatic rings. The number of carbonyl (C=O) groups excluding carboxylic acids is 1. The molecule has 0 aliphatic heterocycles. The highest BCUT2D eigenvalue weighted by molar-refractivity contribution is 6.31. The summed E-state index contributed by atoms with van der Waals surface area (Å²) in [5, 5.41) is 8.43. The standard InChI is InChI=1S/C18H14ClFN4O/c19-15-10-13(6-8-16(15)20)22-14-7-9-17(21-11-14)24-18(25)23-12-4-2-1-3-5-12/h1-11,22H,(H2,21,23,24,25). The van der Waals surface area contributed by atoms with Gasteiger partial charge in [-0.1, -0.05) is 29.8 Å². The third kappa shape index (κ3) is 4.68. The minimum atomic E-state index is -0.477. The number of carbonyl (C=O) groups is 1. The summed E-state index contributed by atoms with van der Waals surface area (Å²) in [4.78, 5) is 16.1.